The summed E-state index contributed by atoms with van der Waals surface area (Å²) in [5.41, 5.74) is 10.9. The van der Waals surface area contributed by atoms with Crippen LogP contribution in [0.2, 0.25) is 0 Å². The minimum Gasteiger partial charge on any atom is -0.462 e. The molecule has 0 heterocycles. The van der Waals surface area contributed by atoms with Crippen LogP contribution in [0, 0.1) is 0 Å². The first kappa shape index (κ1) is 20.4. The van der Waals surface area contributed by atoms with Gasteiger partial charge in [0.05, 0.1) is 6.10 Å². The summed E-state index contributed by atoms with van der Waals surface area (Å²) in [4.78, 5) is 11.2. The first-order valence-electron chi connectivity index (χ1n) is 4.74. The quantitative estimate of drug-likeness (QED) is 0.557. The predicted octanol–water partition coefficient (Wildman–Crippen LogP) is 1.24. The van der Waals surface area contributed by atoms with Crippen LogP contribution >= 0.6 is 24.8 Å². The number of rotatable bonds is 6. The van der Waals surface area contributed by atoms with Gasteiger partial charge in [0.1, 0.15) is 6.04 Å². The van der Waals surface area contributed by atoms with E-state index in [0.29, 0.717) is 13.0 Å². The van der Waals surface area contributed by atoms with E-state index in [1.807, 2.05) is 13.8 Å². The van der Waals surface area contributed by atoms with E-state index < -0.39 is 6.04 Å². The summed E-state index contributed by atoms with van der Waals surface area (Å²) in [6, 6.07) is -0.492. The van der Waals surface area contributed by atoms with Gasteiger partial charge in [0.25, 0.3) is 0 Å². The van der Waals surface area contributed by atoms with Crippen LogP contribution < -0.4 is 11.5 Å². The maximum Gasteiger partial charge on any atom is 0.323 e. The van der Waals surface area contributed by atoms with Crippen LogP contribution in [-0.2, 0) is 9.53 Å². The second-order valence-corrected chi connectivity index (χ2v) is 3.38. The highest BCUT2D eigenvalue weighted by molar-refractivity contribution is 5.85. The smallest absolute Gasteiger partial charge is 0.323 e. The Hall–Kier alpha value is -0.0300. The zero-order valence-corrected chi connectivity index (χ0v) is 10.9. The number of carbonyl (C=O) groups excluding carboxylic acids is 1. The summed E-state index contributed by atoms with van der Waals surface area (Å²) in [7, 11) is 0. The molecule has 0 aliphatic heterocycles. The van der Waals surface area contributed by atoms with Crippen LogP contribution in [0.1, 0.15) is 33.1 Å². The molecular weight excluding hydrogens is 239 g/mol. The standard InChI is InChI=1S/C9H20N2O2.2ClH/c1-7(2)13-9(12)8(11)5-3-4-6-10;;/h7-8H,3-6,10-11H2,1-2H3;2*1H. The van der Waals surface area contributed by atoms with E-state index in [2.05, 4.69) is 0 Å². The summed E-state index contributed by atoms with van der Waals surface area (Å²) < 4.78 is 4.95. The number of unbranched alkanes of at least 4 members (excludes halogenated alkanes) is 1. The third kappa shape index (κ3) is 11.9. The van der Waals surface area contributed by atoms with Crippen LogP contribution in [-0.4, -0.2) is 24.7 Å². The van der Waals surface area contributed by atoms with Crippen LogP contribution in [0.5, 0.6) is 0 Å². The number of halogens is 2. The number of nitrogens with two attached hydrogens (primary N) is 2. The average molecular weight is 261 g/mol. The van der Waals surface area contributed by atoms with Gasteiger partial charge in [-0.2, -0.15) is 0 Å². The largest absolute Gasteiger partial charge is 0.462 e. The molecule has 0 radical (unpaired) electrons. The summed E-state index contributed by atoms with van der Waals surface area (Å²) in [5, 5.41) is 0. The lowest BCUT2D eigenvalue weighted by molar-refractivity contribution is -0.149. The Morgan fingerprint density at radius 1 is 1.27 bits per heavy atom. The van der Waals surface area contributed by atoms with Crippen molar-refractivity contribution in [1.82, 2.24) is 0 Å². The van der Waals surface area contributed by atoms with E-state index in [1.54, 1.807) is 0 Å². The molecule has 94 valence electrons. The second kappa shape index (κ2) is 12.0. The molecular formula is C9H22Cl2N2O2. The fourth-order valence-corrected chi connectivity index (χ4v) is 0.946. The molecule has 0 spiro atoms. The summed E-state index contributed by atoms with van der Waals surface area (Å²) in [6.45, 7) is 4.26. The third-order valence-corrected chi connectivity index (χ3v) is 1.62. The van der Waals surface area contributed by atoms with Crippen LogP contribution in [0.15, 0.2) is 0 Å². The number of hydrogen-bond acceptors (Lipinski definition) is 4. The predicted molar refractivity (Wildman–Crippen MR) is 66.6 cm³/mol. The van der Waals surface area contributed by atoms with Gasteiger partial charge in [0.2, 0.25) is 0 Å². The number of ether oxygens (including phenoxy) is 1. The van der Waals surface area contributed by atoms with Crippen molar-refractivity contribution in [2.75, 3.05) is 6.54 Å². The first-order valence-corrected chi connectivity index (χ1v) is 4.74. The maximum absolute atomic E-state index is 11.2. The van der Waals surface area contributed by atoms with Gasteiger partial charge in [-0.25, -0.2) is 0 Å². The lowest BCUT2D eigenvalue weighted by atomic mass is 10.1. The highest BCUT2D eigenvalue weighted by atomic mass is 35.5. The molecule has 4 N–H and O–H groups in total. The number of esters is 1. The summed E-state index contributed by atoms with van der Waals surface area (Å²) in [5.74, 6) is -0.313. The fraction of sp³-hybridized carbons (Fsp3) is 0.889. The van der Waals surface area contributed by atoms with E-state index in [-0.39, 0.29) is 36.9 Å². The minimum atomic E-state index is -0.492. The zero-order chi connectivity index (χ0) is 10.3. The van der Waals surface area contributed by atoms with Gasteiger partial charge in [0, 0.05) is 0 Å². The molecule has 0 aliphatic rings. The Bertz CT molecular complexity index is 157. The van der Waals surface area contributed by atoms with Crippen LogP contribution in [0.4, 0.5) is 0 Å². The molecule has 15 heavy (non-hydrogen) atoms. The molecule has 0 aromatic carbocycles. The Labute approximate surface area is 104 Å². The van der Waals surface area contributed by atoms with Gasteiger partial charge in [-0.15, -0.1) is 24.8 Å². The summed E-state index contributed by atoms with van der Waals surface area (Å²) in [6.07, 6.45) is 2.35. The van der Waals surface area contributed by atoms with Gasteiger partial charge >= 0.3 is 5.97 Å². The molecule has 1 unspecified atom stereocenters. The lowest BCUT2D eigenvalue weighted by Crippen LogP contribution is -2.33. The molecule has 1 atom stereocenters. The Kier molecular flexibility index (Phi) is 16.4. The maximum atomic E-state index is 11.2. The van der Waals surface area contributed by atoms with E-state index >= 15 is 0 Å². The van der Waals surface area contributed by atoms with Gasteiger partial charge < -0.3 is 16.2 Å². The van der Waals surface area contributed by atoms with Crippen molar-refractivity contribution >= 4 is 30.8 Å². The minimum absolute atomic E-state index is 0. The molecule has 0 bridgehead atoms. The molecule has 0 aliphatic carbocycles. The molecule has 6 heteroatoms. The van der Waals surface area contributed by atoms with Crippen molar-refractivity contribution in [3.05, 3.63) is 0 Å². The fourth-order valence-electron chi connectivity index (χ4n) is 0.946. The number of carbonyl (C=O) groups is 1. The van der Waals surface area contributed by atoms with Gasteiger partial charge in [-0.1, -0.05) is 6.42 Å². The van der Waals surface area contributed by atoms with E-state index in [1.165, 1.54) is 0 Å². The molecule has 0 rings (SSSR count). The molecule has 0 aromatic heterocycles. The molecule has 0 saturated carbocycles. The Morgan fingerprint density at radius 3 is 2.20 bits per heavy atom. The second-order valence-electron chi connectivity index (χ2n) is 3.38. The first-order chi connectivity index (χ1) is 6.07. The zero-order valence-electron chi connectivity index (χ0n) is 9.27. The molecule has 0 amide bonds. The van der Waals surface area contributed by atoms with Gasteiger partial charge in [0.15, 0.2) is 0 Å². The SMILES string of the molecule is CC(C)OC(=O)C(N)CCCCN.Cl.Cl. The lowest BCUT2D eigenvalue weighted by Gasteiger charge is -2.13. The highest BCUT2D eigenvalue weighted by Crippen LogP contribution is 2.01. The van der Waals surface area contributed by atoms with Gasteiger partial charge in [-0.3, -0.25) is 4.79 Å². The highest BCUT2D eigenvalue weighted by Gasteiger charge is 2.15. The molecule has 0 saturated heterocycles. The van der Waals surface area contributed by atoms with Crippen molar-refractivity contribution in [3.63, 3.8) is 0 Å². The van der Waals surface area contributed by atoms with Crippen molar-refractivity contribution in [1.29, 1.82) is 0 Å². The Balaban J connectivity index is -0.000000720. The van der Waals surface area contributed by atoms with Crippen molar-refractivity contribution < 1.29 is 9.53 Å². The van der Waals surface area contributed by atoms with Crippen molar-refractivity contribution in [2.24, 2.45) is 11.5 Å². The molecule has 4 nitrogen and oxygen atoms in total. The monoisotopic (exact) mass is 260 g/mol. The normalized spacial score (nSPS) is 11.3. The Morgan fingerprint density at radius 2 is 1.80 bits per heavy atom. The molecule has 0 fully saturated rings. The van der Waals surface area contributed by atoms with Crippen molar-refractivity contribution in [2.45, 2.75) is 45.3 Å². The topological polar surface area (TPSA) is 78.3 Å². The van der Waals surface area contributed by atoms with E-state index in [9.17, 15) is 4.79 Å². The van der Waals surface area contributed by atoms with Crippen molar-refractivity contribution in [3.8, 4) is 0 Å². The van der Waals surface area contributed by atoms with Crippen LogP contribution in [0.3, 0.4) is 0 Å². The van der Waals surface area contributed by atoms with Crippen LogP contribution in [0.25, 0.3) is 0 Å². The molecule has 0 aromatic rings. The summed E-state index contributed by atoms with van der Waals surface area (Å²) >= 11 is 0. The van der Waals surface area contributed by atoms with E-state index in [4.69, 9.17) is 16.2 Å². The van der Waals surface area contributed by atoms with Gasteiger partial charge in [-0.05, 0) is 33.2 Å². The third-order valence-electron chi connectivity index (χ3n) is 1.62. The van der Waals surface area contributed by atoms with E-state index in [0.717, 1.165) is 12.8 Å². The number of hydrogen-bond donors (Lipinski definition) is 2. The average Bonchev–Trinajstić information content (AvgIpc) is 2.03.